The van der Waals surface area contributed by atoms with Gasteiger partial charge in [0.1, 0.15) is 0 Å². The number of hydrogen-bond donors (Lipinski definition) is 2. The Hall–Kier alpha value is -3.02. The smallest absolute Gasteiger partial charge is 0.240 e. The molecule has 0 spiro atoms. The molecule has 0 aliphatic carbocycles. The molecule has 1 aliphatic heterocycles. The van der Waals surface area contributed by atoms with Gasteiger partial charge in [0.25, 0.3) is 0 Å². The second-order valence-electron chi connectivity index (χ2n) is 8.54. The number of carbonyl (C=O) groups excluding carboxylic acids is 1. The summed E-state index contributed by atoms with van der Waals surface area (Å²) < 4.78 is 19.7. The van der Waals surface area contributed by atoms with Crippen molar-refractivity contribution in [2.75, 3.05) is 31.6 Å². The highest BCUT2D eigenvalue weighted by Crippen LogP contribution is 2.34. The lowest BCUT2D eigenvalue weighted by molar-refractivity contribution is -0.121. The van der Waals surface area contributed by atoms with Crippen molar-refractivity contribution < 1.29 is 13.9 Å². The number of anilines is 1. The number of piperidine rings is 1. The van der Waals surface area contributed by atoms with Crippen LogP contribution in [0, 0.1) is 17.1 Å². The number of rotatable bonds is 9. The van der Waals surface area contributed by atoms with E-state index in [0.717, 1.165) is 24.8 Å². The van der Waals surface area contributed by atoms with Crippen LogP contribution in [0.1, 0.15) is 44.6 Å². The van der Waals surface area contributed by atoms with Gasteiger partial charge in [0.05, 0.1) is 24.6 Å². The summed E-state index contributed by atoms with van der Waals surface area (Å²) in [6, 6.07) is 16.8. The minimum Gasteiger partial charge on any atom is -0.491 e. The molecule has 1 fully saturated rings. The van der Waals surface area contributed by atoms with E-state index in [0.29, 0.717) is 38.2 Å². The Morgan fingerprint density at radius 3 is 2.59 bits per heavy atom. The van der Waals surface area contributed by atoms with E-state index in [2.05, 4.69) is 23.6 Å². The second-order valence-corrected chi connectivity index (χ2v) is 8.95. The van der Waals surface area contributed by atoms with Crippen molar-refractivity contribution >= 4 is 28.9 Å². The van der Waals surface area contributed by atoms with Crippen LogP contribution in [0.3, 0.4) is 0 Å². The molecule has 1 aliphatic rings. The number of nitrogens with zero attached hydrogens (tertiary/aromatic N) is 2. The van der Waals surface area contributed by atoms with Crippen molar-refractivity contribution in [1.82, 2.24) is 10.2 Å². The predicted molar refractivity (Wildman–Crippen MR) is 135 cm³/mol. The van der Waals surface area contributed by atoms with Gasteiger partial charge in [-0.25, -0.2) is 4.39 Å². The first-order valence-electron chi connectivity index (χ1n) is 11.7. The standard InChI is InChI=1S/C26H31FN4O2S/c1-2-3-7-16-33-23-11-10-21(17-22(23)27)29-25(34)30-24(32)18-31-14-12-26(19-28,13-15-31)20-8-5-4-6-9-20/h4-6,8-11,17H,2-3,7,12-16,18H2,1H3,(H2,29,30,32,34). The molecule has 0 unspecified atom stereocenters. The Morgan fingerprint density at radius 2 is 1.94 bits per heavy atom. The lowest BCUT2D eigenvalue weighted by Crippen LogP contribution is -2.47. The molecule has 2 aromatic rings. The molecule has 1 saturated heterocycles. The topological polar surface area (TPSA) is 77.4 Å². The van der Waals surface area contributed by atoms with Crippen molar-refractivity contribution in [3.63, 3.8) is 0 Å². The summed E-state index contributed by atoms with van der Waals surface area (Å²) in [7, 11) is 0. The van der Waals surface area contributed by atoms with E-state index in [1.807, 2.05) is 35.2 Å². The zero-order valence-electron chi connectivity index (χ0n) is 19.5. The molecule has 0 aromatic heterocycles. The fraction of sp³-hybridized carbons (Fsp3) is 0.423. The van der Waals surface area contributed by atoms with Crippen LogP contribution in [0.25, 0.3) is 0 Å². The Morgan fingerprint density at radius 1 is 1.21 bits per heavy atom. The van der Waals surface area contributed by atoms with Gasteiger partial charge in [-0.1, -0.05) is 50.1 Å². The fourth-order valence-electron chi connectivity index (χ4n) is 4.08. The summed E-state index contributed by atoms with van der Waals surface area (Å²) in [5.74, 6) is -0.535. The van der Waals surface area contributed by atoms with Crippen LogP contribution < -0.4 is 15.4 Å². The lowest BCUT2D eigenvalue weighted by atomic mass is 9.74. The first-order valence-corrected chi connectivity index (χ1v) is 12.1. The number of benzene rings is 2. The van der Waals surface area contributed by atoms with E-state index >= 15 is 0 Å². The van der Waals surface area contributed by atoms with Gasteiger partial charge in [0.2, 0.25) is 5.91 Å². The molecular weight excluding hydrogens is 451 g/mol. The van der Waals surface area contributed by atoms with Gasteiger partial charge in [0, 0.05) is 24.8 Å². The monoisotopic (exact) mass is 482 g/mol. The van der Waals surface area contributed by atoms with Gasteiger partial charge in [-0.2, -0.15) is 5.26 Å². The maximum Gasteiger partial charge on any atom is 0.240 e. The van der Waals surface area contributed by atoms with Gasteiger partial charge in [0.15, 0.2) is 16.7 Å². The van der Waals surface area contributed by atoms with E-state index in [4.69, 9.17) is 17.0 Å². The van der Waals surface area contributed by atoms with E-state index in [9.17, 15) is 14.4 Å². The molecule has 6 nitrogen and oxygen atoms in total. The molecular formula is C26H31FN4O2S. The summed E-state index contributed by atoms with van der Waals surface area (Å²) >= 11 is 5.22. The number of amides is 1. The van der Waals surface area contributed by atoms with Crippen molar-refractivity contribution in [3.05, 3.63) is 59.9 Å². The summed E-state index contributed by atoms with van der Waals surface area (Å²) in [5, 5.41) is 15.4. The van der Waals surface area contributed by atoms with Crippen LogP contribution in [0.2, 0.25) is 0 Å². The van der Waals surface area contributed by atoms with E-state index in [-0.39, 0.29) is 23.3 Å². The third-order valence-electron chi connectivity index (χ3n) is 6.07. The molecule has 0 bridgehead atoms. The second kappa shape index (κ2) is 12.4. The maximum absolute atomic E-state index is 14.3. The lowest BCUT2D eigenvalue weighted by Gasteiger charge is -2.37. The van der Waals surface area contributed by atoms with Gasteiger partial charge < -0.3 is 15.4 Å². The van der Waals surface area contributed by atoms with Gasteiger partial charge in [-0.3, -0.25) is 9.69 Å². The number of unbranched alkanes of at least 4 members (excludes halogenated alkanes) is 2. The maximum atomic E-state index is 14.3. The minimum atomic E-state index is -0.513. The number of hydrogen-bond acceptors (Lipinski definition) is 5. The summed E-state index contributed by atoms with van der Waals surface area (Å²) in [4.78, 5) is 14.5. The normalized spacial score (nSPS) is 15.2. The number of nitriles is 1. The third kappa shape index (κ3) is 6.99. The highest BCUT2D eigenvalue weighted by Gasteiger charge is 2.36. The van der Waals surface area contributed by atoms with Crippen LogP contribution in [0.5, 0.6) is 5.75 Å². The van der Waals surface area contributed by atoms with Gasteiger partial charge in [-0.15, -0.1) is 0 Å². The minimum absolute atomic E-state index is 0.105. The van der Waals surface area contributed by atoms with Crippen molar-refractivity contribution in [3.8, 4) is 11.8 Å². The van der Waals surface area contributed by atoms with Crippen molar-refractivity contribution in [2.24, 2.45) is 0 Å². The highest BCUT2D eigenvalue weighted by molar-refractivity contribution is 7.80. The number of carbonyl (C=O) groups is 1. The Labute approximate surface area is 206 Å². The zero-order valence-corrected chi connectivity index (χ0v) is 20.3. The molecule has 0 saturated carbocycles. The van der Waals surface area contributed by atoms with E-state index in [1.54, 1.807) is 12.1 Å². The number of likely N-dealkylation sites (tertiary alicyclic amines) is 1. The number of nitrogens with one attached hydrogen (secondary N) is 2. The van der Waals surface area contributed by atoms with Crippen molar-refractivity contribution in [2.45, 2.75) is 44.4 Å². The van der Waals surface area contributed by atoms with E-state index < -0.39 is 11.2 Å². The van der Waals surface area contributed by atoms with Crippen LogP contribution in [-0.4, -0.2) is 42.2 Å². The molecule has 2 aromatic carbocycles. The Kier molecular flexibility index (Phi) is 9.37. The Bertz CT molecular complexity index is 1020. The Balaban J connectivity index is 1.44. The first-order chi connectivity index (χ1) is 16.5. The molecule has 0 radical (unpaired) electrons. The van der Waals surface area contributed by atoms with Gasteiger partial charge in [-0.05, 0) is 49.2 Å². The number of thiocarbonyl (C=S) groups is 1. The van der Waals surface area contributed by atoms with Crippen molar-refractivity contribution in [1.29, 1.82) is 5.26 Å². The number of halogens is 1. The molecule has 2 N–H and O–H groups in total. The average Bonchev–Trinajstić information content (AvgIpc) is 2.84. The largest absolute Gasteiger partial charge is 0.491 e. The molecule has 1 amide bonds. The van der Waals surface area contributed by atoms with E-state index in [1.165, 1.54) is 6.07 Å². The summed E-state index contributed by atoms with van der Waals surface area (Å²) in [5.41, 5.74) is 0.945. The van der Waals surface area contributed by atoms with Crippen LogP contribution in [-0.2, 0) is 10.2 Å². The zero-order chi connectivity index (χ0) is 24.4. The summed E-state index contributed by atoms with van der Waals surface area (Å²) in [6.45, 7) is 4.03. The van der Waals surface area contributed by atoms with Crippen LogP contribution in [0.4, 0.5) is 10.1 Å². The molecule has 8 heteroatoms. The molecule has 34 heavy (non-hydrogen) atoms. The average molecular weight is 483 g/mol. The van der Waals surface area contributed by atoms with Crippen LogP contribution >= 0.6 is 12.2 Å². The number of ether oxygens (including phenoxy) is 1. The molecule has 1 heterocycles. The van der Waals surface area contributed by atoms with Crippen LogP contribution in [0.15, 0.2) is 48.5 Å². The predicted octanol–water partition coefficient (Wildman–Crippen LogP) is 4.77. The quantitative estimate of drug-likeness (QED) is 0.396. The van der Waals surface area contributed by atoms with Gasteiger partial charge >= 0.3 is 0 Å². The molecule has 3 rings (SSSR count). The molecule has 0 atom stereocenters. The third-order valence-corrected chi connectivity index (χ3v) is 6.27. The summed E-state index contributed by atoms with van der Waals surface area (Å²) in [6.07, 6.45) is 4.32. The highest BCUT2D eigenvalue weighted by atomic mass is 32.1. The molecule has 180 valence electrons. The first kappa shape index (κ1) is 25.6. The SMILES string of the molecule is CCCCCOc1ccc(NC(=S)NC(=O)CN2CCC(C#N)(c3ccccc3)CC2)cc1F. The fourth-order valence-corrected chi connectivity index (χ4v) is 4.31.